The minimum absolute atomic E-state index is 0.284. The molecule has 2 aromatic heterocycles. The summed E-state index contributed by atoms with van der Waals surface area (Å²) in [7, 11) is 1.95. The molecule has 5 rings (SSSR count). The van der Waals surface area contributed by atoms with Crippen molar-refractivity contribution in [3.05, 3.63) is 83.3 Å². The number of alkyl halides is 1. The summed E-state index contributed by atoms with van der Waals surface area (Å²) in [6, 6.07) is 20.7. The number of benzene rings is 3. The first kappa shape index (κ1) is 28.9. The molecular formula is C33H37BrN4O3. The van der Waals surface area contributed by atoms with Crippen LogP contribution in [0.25, 0.3) is 32.8 Å². The van der Waals surface area contributed by atoms with Gasteiger partial charge in [-0.25, -0.2) is 4.79 Å². The number of hydrogen-bond donors (Lipinski definition) is 2. The van der Waals surface area contributed by atoms with Crippen molar-refractivity contribution in [2.75, 3.05) is 26.8 Å². The second-order valence-electron chi connectivity index (χ2n) is 10.1. The summed E-state index contributed by atoms with van der Waals surface area (Å²) in [5.74, 6) is 0.594. The number of nitrogens with zero attached hydrogens (tertiary/aromatic N) is 2. The summed E-state index contributed by atoms with van der Waals surface area (Å²) >= 11 is 3.62. The van der Waals surface area contributed by atoms with Crippen LogP contribution in [0.4, 0.5) is 0 Å². The van der Waals surface area contributed by atoms with Gasteiger partial charge < -0.3 is 19.4 Å². The quantitative estimate of drug-likeness (QED) is 0.0831. The molecule has 0 aliphatic heterocycles. The smallest absolute Gasteiger partial charge is 0.355 e. The zero-order valence-corrected chi connectivity index (χ0v) is 25.5. The van der Waals surface area contributed by atoms with Gasteiger partial charge in [0.25, 0.3) is 0 Å². The van der Waals surface area contributed by atoms with Crippen LogP contribution in [0.3, 0.4) is 0 Å². The first-order valence-electron chi connectivity index (χ1n) is 14.3. The summed E-state index contributed by atoms with van der Waals surface area (Å²) < 4.78 is 14.1. The van der Waals surface area contributed by atoms with Crippen molar-refractivity contribution in [3.8, 4) is 16.9 Å². The lowest BCUT2D eigenvalue weighted by Gasteiger charge is -2.14. The van der Waals surface area contributed by atoms with Crippen LogP contribution in [-0.2, 0) is 23.0 Å². The van der Waals surface area contributed by atoms with Crippen LogP contribution >= 0.6 is 15.9 Å². The van der Waals surface area contributed by atoms with Crippen LogP contribution in [0.2, 0.25) is 0 Å². The van der Waals surface area contributed by atoms with Gasteiger partial charge in [0, 0.05) is 33.8 Å². The van der Waals surface area contributed by atoms with E-state index in [9.17, 15) is 4.79 Å². The molecule has 7 nitrogen and oxygen atoms in total. The lowest BCUT2D eigenvalue weighted by Crippen LogP contribution is -2.17. The number of carbonyl (C=O) groups excluding carboxylic acids is 1. The number of H-pyrrole nitrogens is 1. The number of aromatic nitrogens is 3. The Morgan fingerprint density at radius 2 is 1.83 bits per heavy atom. The largest absolute Gasteiger partial charge is 0.493 e. The van der Waals surface area contributed by atoms with Gasteiger partial charge in [0.2, 0.25) is 0 Å². The predicted molar refractivity (Wildman–Crippen MR) is 169 cm³/mol. The second kappa shape index (κ2) is 13.4. The van der Waals surface area contributed by atoms with Crippen LogP contribution in [0.5, 0.6) is 5.75 Å². The number of aryl methyl sites for hydroxylation is 3. The summed E-state index contributed by atoms with van der Waals surface area (Å²) in [5, 5.41) is 14.9. The van der Waals surface area contributed by atoms with E-state index in [1.165, 1.54) is 0 Å². The molecule has 0 saturated carbocycles. The molecule has 0 atom stereocenters. The van der Waals surface area contributed by atoms with Crippen LogP contribution < -0.4 is 10.1 Å². The van der Waals surface area contributed by atoms with Gasteiger partial charge in [-0.1, -0.05) is 70.5 Å². The number of fused-ring (bicyclic) bond motifs is 2. The van der Waals surface area contributed by atoms with Gasteiger partial charge in [-0.3, -0.25) is 5.10 Å². The van der Waals surface area contributed by atoms with Gasteiger partial charge in [-0.05, 0) is 63.7 Å². The first-order valence-corrected chi connectivity index (χ1v) is 15.4. The number of carbonyl (C=O) groups is 1. The molecule has 0 saturated heterocycles. The number of para-hydroxylation sites is 1. The minimum atomic E-state index is -0.284. The summed E-state index contributed by atoms with van der Waals surface area (Å²) in [4.78, 5) is 13.6. The highest BCUT2D eigenvalue weighted by Gasteiger charge is 2.27. The van der Waals surface area contributed by atoms with Gasteiger partial charge in [-0.15, -0.1) is 0 Å². The summed E-state index contributed by atoms with van der Waals surface area (Å²) in [5.41, 5.74) is 6.77. The number of rotatable bonds is 13. The topological polar surface area (TPSA) is 81.2 Å². The predicted octanol–water partition coefficient (Wildman–Crippen LogP) is 7.19. The van der Waals surface area contributed by atoms with Crippen LogP contribution in [0, 0.1) is 6.92 Å². The molecule has 0 radical (unpaired) electrons. The molecule has 0 aliphatic rings. The van der Waals surface area contributed by atoms with E-state index >= 15 is 0 Å². The Hall–Kier alpha value is -3.62. The Morgan fingerprint density at radius 1 is 1.05 bits per heavy atom. The molecule has 8 heteroatoms. The highest BCUT2D eigenvalue weighted by molar-refractivity contribution is 9.08. The molecule has 41 heavy (non-hydrogen) atoms. The van der Waals surface area contributed by atoms with Crippen LogP contribution in [0.1, 0.15) is 47.2 Å². The van der Waals surface area contributed by atoms with E-state index in [1.54, 1.807) is 0 Å². The third-order valence-corrected chi connectivity index (χ3v) is 8.03. The Balaban J connectivity index is 1.56. The summed E-state index contributed by atoms with van der Waals surface area (Å²) in [6.45, 7) is 6.26. The zero-order chi connectivity index (χ0) is 28.8. The van der Waals surface area contributed by atoms with Crippen molar-refractivity contribution in [2.45, 2.75) is 45.0 Å². The Kier molecular flexibility index (Phi) is 9.42. The molecule has 2 heterocycles. The van der Waals surface area contributed by atoms with Crippen molar-refractivity contribution in [1.29, 1.82) is 0 Å². The Bertz CT molecular complexity index is 1650. The van der Waals surface area contributed by atoms with Crippen LogP contribution in [0.15, 0.2) is 60.7 Å². The van der Waals surface area contributed by atoms with Gasteiger partial charge >= 0.3 is 5.97 Å². The number of nitrogens with one attached hydrogen (secondary N) is 2. The minimum Gasteiger partial charge on any atom is -0.493 e. The molecule has 5 aromatic rings. The van der Waals surface area contributed by atoms with E-state index in [-0.39, 0.29) is 5.97 Å². The first-order chi connectivity index (χ1) is 20.1. The fraction of sp³-hybridized carbons (Fsp3) is 0.333. The van der Waals surface area contributed by atoms with Crippen molar-refractivity contribution in [2.24, 2.45) is 0 Å². The van der Waals surface area contributed by atoms with E-state index in [0.29, 0.717) is 37.2 Å². The fourth-order valence-electron chi connectivity index (χ4n) is 5.69. The van der Waals surface area contributed by atoms with Gasteiger partial charge in [0.05, 0.1) is 30.1 Å². The highest BCUT2D eigenvalue weighted by atomic mass is 79.9. The average Bonchev–Trinajstić information content (AvgIpc) is 3.52. The lowest BCUT2D eigenvalue weighted by molar-refractivity contribution is 0.0512. The number of aromatic amines is 1. The summed E-state index contributed by atoms with van der Waals surface area (Å²) in [6.07, 6.45) is 2.32. The van der Waals surface area contributed by atoms with Gasteiger partial charge in [-0.2, -0.15) is 5.10 Å². The maximum Gasteiger partial charge on any atom is 0.355 e. The third kappa shape index (κ3) is 5.90. The van der Waals surface area contributed by atoms with Crippen molar-refractivity contribution >= 4 is 43.6 Å². The van der Waals surface area contributed by atoms with Crippen molar-refractivity contribution in [1.82, 2.24) is 20.1 Å². The molecule has 3 aromatic carbocycles. The Labute approximate surface area is 249 Å². The number of hydrogen-bond acceptors (Lipinski definition) is 5. The molecule has 0 unspecified atom stereocenters. The van der Waals surface area contributed by atoms with Gasteiger partial charge in [0.15, 0.2) is 0 Å². The standard InChI is InChI=1S/C33H37BrN4O3/c1-4-40-33(39)32-26(16-9-20-41-29-17-7-12-23-11-5-6-13-24(23)29)25-14-8-15-27(30-22(2)36-37-28(30)21-34)31(25)38(32)19-10-18-35-3/h5-8,11-15,17,35H,4,9-10,16,18-21H2,1-3H3,(H,36,37). The molecule has 2 N–H and O–H groups in total. The SMILES string of the molecule is CCOC(=O)c1c(CCCOc2cccc3ccccc23)c2cccc(-c3c(C)n[nH]c3CBr)c2n1CCCNC. The molecule has 0 fully saturated rings. The van der Waals surface area contributed by atoms with Crippen molar-refractivity contribution in [3.63, 3.8) is 0 Å². The maximum absolute atomic E-state index is 13.6. The molecule has 0 amide bonds. The number of halogens is 1. The number of ether oxygens (including phenoxy) is 2. The van der Waals surface area contributed by atoms with E-state index < -0.39 is 0 Å². The molecular weight excluding hydrogens is 580 g/mol. The van der Waals surface area contributed by atoms with Crippen molar-refractivity contribution < 1.29 is 14.3 Å². The fourth-order valence-corrected chi connectivity index (χ4v) is 6.10. The zero-order valence-electron chi connectivity index (χ0n) is 23.9. The van der Waals surface area contributed by atoms with E-state index in [1.807, 2.05) is 45.2 Å². The Morgan fingerprint density at radius 3 is 2.63 bits per heavy atom. The molecule has 0 bridgehead atoms. The molecule has 0 spiro atoms. The average molecular weight is 618 g/mol. The third-order valence-electron chi connectivity index (χ3n) is 7.47. The normalized spacial score (nSPS) is 11.4. The highest BCUT2D eigenvalue weighted by Crippen LogP contribution is 2.38. The molecule has 214 valence electrons. The van der Waals surface area contributed by atoms with E-state index in [2.05, 4.69) is 72.4 Å². The van der Waals surface area contributed by atoms with Crippen LogP contribution in [-0.4, -0.2) is 47.5 Å². The van der Waals surface area contributed by atoms with E-state index in [0.717, 1.165) is 74.9 Å². The van der Waals surface area contributed by atoms with E-state index in [4.69, 9.17) is 9.47 Å². The monoisotopic (exact) mass is 616 g/mol. The maximum atomic E-state index is 13.6. The second-order valence-corrected chi connectivity index (χ2v) is 10.6. The number of esters is 1. The van der Waals surface area contributed by atoms with Gasteiger partial charge in [0.1, 0.15) is 11.4 Å². The lowest BCUT2D eigenvalue weighted by atomic mass is 9.98. The molecule has 0 aliphatic carbocycles.